The van der Waals surface area contributed by atoms with Crippen LogP contribution in [0.2, 0.25) is 0 Å². The molecule has 0 radical (unpaired) electrons. The first kappa shape index (κ1) is 15.1. The van der Waals surface area contributed by atoms with Gasteiger partial charge in [0.25, 0.3) is 0 Å². The lowest BCUT2D eigenvalue weighted by Crippen LogP contribution is -2.01. The van der Waals surface area contributed by atoms with Gasteiger partial charge < -0.3 is 0 Å². The van der Waals surface area contributed by atoms with Crippen molar-refractivity contribution >= 4 is 0 Å². The van der Waals surface area contributed by atoms with Crippen LogP contribution in [0.1, 0.15) is 86.0 Å². The lowest BCUT2D eigenvalue weighted by atomic mass is 9.93. The average Bonchev–Trinajstić information content (AvgIpc) is 2.82. The molecule has 0 heterocycles. The van der Waals surface area contributed by atoms with Crippen LogP contribution < -0.4 is 0 Å². The minimum Gasteiger partial charge on any atom is -0.0654 e. The molecule has 0 N–H and O–H groups in total. The van der Waals surface area contributed by atoms with Crippen LogP contribution in [0.5, 0.6) is 0 Å². The van der Waals surface area contributed by atoms with Crippen LogP contribution in [0.4, 0.5) is 0 Å². The second-order valence-corrected chi connectivity index (χ2v) is 6.80. The fourth-order valence-electron chi connectivity index (χ4n) is 3.62. The highest BCUT2D eigenvalue weighted by Gasteiger charge is 2.56. The van der Waals surface area contributed by atoms with Crippen molar-refractivity contribution in [2.75, 3.05) is 0 Å². The molecule has 0 aliphatic heterocycles. The number of unbranched alkanes of at least 4 members (excludes halogenated alkanes) is 4. The minimum absolute atomic E-state index is 0.691. The van der Waals surface area contributed by atoms with Crippen molar-refractivity contribution < 1.29 is 0 Å². The molecule has 1 rings (SSSR count). The van der Waals surface area contributed by atoms with Gasteiger partial charge in [-0.3, -0.25) is 0 Å². The van der Waals surface area contributed by atoms with Crippen molar-refractivity contribution in [3.63, 3.8) is 0 Å². The minimum atomic E-state index is 0.691. The molecule has 1 fully saturated rings. The topological polar surface area (TPSA) is 0 Å². The predicted octanol–water partition coefficient (Wildman–Crippen LogP) is 6.06. The summed E-state index contributed by atoms with van der Waals surface area (Å²) < 4.78 is 0. The van der Waals surface area contributed by atoms with Gasteiger partial charge in [-0.2, -0.15) is 0 Å². The Morgan fingerprint density at radius 3 is 2.24 bits per heavy atom. The predicted molar refractivity (Wildman–Crippen MR) is 78.2 cm³/mol. The van der Waals surface area contributed by atoms with Gasteiger partial charge in [-0.1, -0.05) is 79.6 Å². The van der Waals surface area contributed by atoms with Gasteiger partial charge in [0.15, 0.2) is 0 Å². The molecule has 0 heteroatoms. The molecular weight excluding hydrogens is 204 g/mol. The standard InChI is InChI=1S/C17H34/c1-6-8-9-10-11-12-14(3)13-16-15(4)17(16,5)7-2/h14-16H,6-13H2,1-5H3. The van der Waals surface area contributed by atoms with Crippen molar-refractivity contribution in [1.82, 2.24) is 0 Å². The largest absolute Gasteiger partial charge is 0.0654 e. The van der Waals surface area contributed by atoms with Gasteiger partial charge in [0.05, 0.1) is 0 Å². The molecule has 0 nitrogen and oxygen atoms in total. The third-order valence-corrected chi connectivity index (χ3v) is 5.60. The highest BCUT2D eigenvalue weighted by molar-refractivity contribution is 5.04. The Balaban J connectivity index is 2.08. The van der Waals surface area contributed by atoms with Gasteiger partial charge in [-0.25, -0.2) is 0 Å². The summed E-state index contributed by atoms with van der Waals surface area (Å²) in [5, 5.41) is 0. The highest BCUT2D eigenvalue weighted by atomic mass is 14.6. The molecule has 0 spiro atoms. The summed E-state index contributed by atoms with van der Waals surface area (Å²) in [4.78, 5) is 0. The maximum Gasteiger partial charge on any atom is -0.0269 e. The molecule has 0 bridgehead atoms. The molecule has 0 aromatic carbocycles. The van der Waals surface area contributed by atoms with Crippen molar-refractivity contribution in [3.05, 3.63) is 0 Å². The zero-order valence-corrected chi connectivity index (χ0v) is 12.9. The van der Waals surface area contributed by atoms with Gasteiger partial charge in [0.2, 0.25) is 0 Å². The zero-order valence-electron chi connectivity index (χ0n) is 12.9. The van der Waals surface area contributed by atoms with Gasteiger partial charge in [-0.05, 0) is 29.6 Å². The molecule has 0 aromatic rings. The van der Waals surface area contributed by atoms with E-state index < -0.39 is 0 Å². The first-order chi connectivity index (χ1) is 8.06. The van der Waals surface area contributed by atoms with Crippen LogP contribution in [0.3, 0.4) is 0 Å². The van der Waals surface area contributed by atoms with E-state index in [0.717, 1.165) is 17.8 Å². The number of rotatable bonds is 9. The Hall–Kier alpha value is 0. The monoisotopic (exact) mass is 238 g/mol. The quantitative estimate of drug-likeness (QED) is 0.429. The van der Waals surface area contributed by atoms with E-state index in [1.54, 1.807) is 0 Å². The van der Waals surface area contributed by atoms with Crippen LogP contribution in [-0.4, -0.2) is 0 Å². The van der Waals surface area contributed by atoms with E-state index in [2.05, 4.69) is 34.6 Å². The lowest BCUT2D eigenvalue weighted by Gasteiger charge is -2.13. The third kappa shape index (κ3) is 4.00. The molecule has 102 valence electrons. The van der Waals surface area contributed by atoms with Crippen LogP contribution in [-0.2, 0) is 0 Å². The molecule has 0 aromatic heterocycles. The van der Waals surface area contributed by atoms with Crippen molar-refractivity contribution in [2.24, 2.45) is 23.2 Å². The smallest absolute Gasteiger partial charge is 0.0269 e. The van der Waals surface area contributed by atoms with Crippen LogP contribution in [0, 0.1) is 23.2 Å². The summed E-state index contributed by atoms with van der Waals surface area (Å²) >= 11 is 0. The van der Waals surface area contributed by atoms with Crippen molar-refractivity contribution in [2.45, 2.75) is 86.0 Å². The summed E-state index contributed by atoms with van der Waals surface area (Å²) in [5.41, 5.74) is 0.691. The zero-order chi connectivity index (χ0) is 12.9. The fraction of sp³-hybridized carbons (Fsp3) is 1.00. The fourth-order valence-corrected chi connectivity index (χ4v) is 3.62. The number of hydrogen-bond acceptors (Lipinski definition) is 0. The van der Waals surface area contributed by atoms with E-state index in [1.165, 1.54) is 51.4 Å². The Labute approximate surface area is 110 Å². The Morgan fingerprint density at radius 2 is 1.71 bits per heavy atom. The maximum absolute atomic E-state index is 2.50. The van der Waals surface area contributed by atoms with E-state index in [-0.39, 0.29) is 0 Å². The Kier molecular flexibility index (Phi) is 6.03. The molecule has 0 saturated heterocycles. The van der Waals surface area contributed by atoms with Crippen molar-refractivity contribution in [1.29, 1.82) is 0 Å². The molecule has 4 unspecified atom stereocenters. The molecular formula is C17H34. The van der Waals surface area contributed by atoms with Crippen molar-refractivity contribution in [3.8, 4) is 0 Å². The molecule has 0 amide bonds. The summed E-state index contributed by atoms with van der Waals surface area (Å²) in [7, 11) is 0. The SMILES string of the molecule is CCCCCCCC(C)CC1C(C)C1(C)CC. The second-order valence-electron chi connectivity index (χ2n) is 6.80. The maximum atomic E-state index is 2.50. The van der Waals surface area contributed by atoms with E-state index in [0.29, 0.717) is 5.41 Å². The van der Waals surface area contributed by atoms with E-state index >= 15 is 0 Å². The van der Waals surface area contributed by atoms with E-state index in [4.69, 9.17) is 0 Å². The molecule has 1 saturated carbocycles. The Morgan fingerprint density at radius 1 is 1.06 bits per heavy atom. The molecule has 17 heavy (non-hydrogen) atoms. The summed E-state index contributed by atoms with van der Waals surface area (Å²) in [5.74, 6) is 2.96. The van der Waals surface area contributed by atoms with Crippen LogP contribution in [0.25, 0.3) is 0 Å². The first-order valence-corrected chi connectivity index (χ1v) is 8.06. The van der Waals surface area contributed by atoms with E-state index in [1.807, 2.05) is 0 Å². The summed E-state index contributed by atoms with van der Waals surface area (Å²) in [6, 6.07) is 0. The second kappa shape index (κ2) is 6.81. The Bertz CT molecular complexity index is 208. The van der Waals surface area contributed by atoms with Crippen LogP contribution in [0.15, 0.2) is 0 Å². The first-order valence-electron chi connectivity index (χ1n) is 8.06. The average molecular weight is 238 g/mol. The van der Waals surface area contributed by atoms with Gasteiger partial charge in [-0.15, -0.1) is 0 Å². The normalized spacial score (nSPS) is 33.7. The number of hydrogen-bond donors (Lipinski definition) is 0. The summed E-state index contributed by atoms with van der Waals surface area (Å²) in [6.07, 6.45) is 11.5. The van der Waals surface area contributed by atoms with Gasteiger partial charge >= 0.3 is 0 Å². The summed E-state index contributed by atoms with van der Waals surface area (Å²) in [6.45, 7) is 12.1. The van der Waals surface area contributed by atoms with Crippen LogP contribution >= 0.6 is 0 Å². The lowest BCUT2D eigenvalue weighted by molar-refractivity contribution is 0.383. The molecule has 1 aliphatic rings. The van der Waals surface area contributed by atoms with Gasteiger partial charge in [0.1, 0.15) is 0 Å². The van der Waals surface area contributed by atoms with E-state index in [9.17, 15) is 0 Å². The molecule has 1 aliphatic carbocycles. The third-order valence-electron chi connectivity index (χ3n) is 5.60. The van der Waals surface area contributed by atoms with Gasteiger partial charge in [0, 0.05) is 0 Å². The molecule has 4 atom stereocenters. The highest BCUT2D eigenvalue weighted by Crippen LogP contribution is 2.63.